The molecule has 0 atom stereocenters. The maximum atomic E-state index is 13.6. The van der Waals surface area contributed by atoms with Crippen LogP contribution < -0.4 is 5.73 Å². The highest BCUT2D eigenvalue weighted by atomic mass is 35.5. The Bertz CT molecular complexity index is 609. The van der Waals surface area contributed by atoms with Crippen LogP contribution in [0.4, 0.5) is 13.2 Å². The molecule has 0 heterocycles. The molecule has 0 aliphatic rings. The molecular formula is C12H18ClF3N2O2S. The Morgan fingerprint density at radius 2 is 1.62 bits per heavy atom. The summed E-state index contributed by atoms with van der Waals surface area (Å²) >= 11 is 0. The Hall–Kier alpha value is -0.830. The lowest BCUT2D eigenvalue weighted by Crippen LogP contribution is -2.40. The van der Waals surface area contributed by atoms with E-state index in [2.05, 4.69) is 0 Å². The molecule has 0 aliphatic carbocycles. The summed E-state index contributed by atoms with van der Waals surface area (Å²) in [4.78, 5) is -0.897. The molecule has 1 aromatic rings. The van der Waals surface area contributed by atoms with E-state index in [-0.39, 0.29) is 31.6 Å². The van der Waals surface area contributed by atoms with Gasteiger partial charge in [-0.15, -0.1) is 12.4 Å². The molecule has 0 amide bonds. The minimum absolute atomic E-state index is 0. The van der Waals surface area contributed by atoms with E-state index >= 15 is 0 Å². The molecule has 4 nitrogen and oxygen atoms in total. The highest BCUT2D eigenvalue weighted by Gasteiger charge is 2.30. The monoisotopic (exact) mass is 346 g/mol. The van der Waals surface area contributed by atoms with E-state index in [4.69, 9.17) is 5.73 Å². The van der Waals surface area contributed by atoms with Gasteiger partial charge in [0, 0.05) is 19.7 Å². The Kier molecular flexibility index (Phi) is 6.68. The average molecular weight is 347 g/mol. The second kappa shape index (κ2) is 6.95. The standard InChI is InChI=1S/C12H17F3N2O2S.ClH/c1-12(2,6-16)7-17(3)20(18,19)11-5-9(14)8(13)4-10(11)15;/h4-5H,6-7,16H2,1-3H3;1H. The summed E-state index contributed by atoms with van der Waals surface area (Å²) in [6, 6.07) is 0.552. The zero-order chi connectivity index (χ0) is 15.7. The summed E-state index contributed by atoms with van der Waals surface area (Å²) in [6.45, 7) is 3.71. The van der Waals surface area contributed by atoms with Crippen molar-refractivity contribution in [3.05, 3.63) is 29.6 Å². The predicted octanol–water partition coefficient (Wildman–Crippen LogP) is 2.13. The van der Waals surface area contributed by atoms with Crippen molar-refractivity contribution in [2.75, 3.05) is 20.1 Å². The van der Waals surface area contributed by atoms with Gasteiger partial charge in [0.2, 0.25) is 10.0 Å². The van der Waals surface area contributed by atoms with Gasteiger partial charge in [0.15, 0.2) is 11.6 Å². The summed E-state index contributed by atoms with van der Waals surface area (Å²) < 4.78 is 64.7. The predicted molar refractivity (Wildman–Crippen MR) is 76.2 cm³/mol. The van der Waals surface area contributed by atoms with E-state index in [1.54, 1.807) is 13.8 Å². The fourth-order valence-corrected chi connectivity index (χ4v) is 3.04. The van der Waals surface area contributed by atoms with Gasteiger partial charge < -0.3 is 5.73 Å². The molecule has 0 radical (unpaired) electrons. The van der Waals surface area contributed by atoms with Crippen molar-refractivity contribution in [2.45, 2.75) is 18.7 Å². The van der Waals surface area contributed by atoms with Crippen LogP contribution in [0.3, 0.4) is 0 Å². The molecule has 0 spiro atoms. The van der Waals surface area contributed by atoms with Crippen molar-refractivity contribution >= 4 is 22.4 Å². The van der Waals surface area contributed by atoms with Crippen LogP contribution in [-0.2, 0) is 10.0 Å². The number of nitrogens with zero attached hydrogens (tertiary/aromatic N) is 1. The molecule has 0 aromatic heterocycles. The van der Waals surface area contributed by atoms with Gasteiger partial charge in [-0.3, -0.25) is 0 Å². The third-order valence-electron chi connectivity index (χ3n) is 2.87. The molecule has 0 aliphatic heterocycles. The average Bonchev–Trinajstić information content (AvgIpc) is 2.33. The maximum Gasteiger partial charge on any atom is 0.245 e. The second-order valence-electron chi connectivity index (χ2n) is 5.33. The fraction of sp³-hybridized carbons (Fsp3) is 0.500. The van der Waals surface area contributed by atoms with E-state index in [0.717, 1.165) is 4.31 Å². The third-order valence-corrected chi connectivity index (χ3v) is 4.68. The summed E-state index contributed by atoms with van der Waals surface area (Å²) in [5.41, 5.74) is 4.97. The van der Waals surface area contributed by atoms with Crippen LogP contribution >= 0.6 is 12.4 Å². The van der Waals surface area contributed by atoms with Crippen LogP contribution in [0.1, 0.15) is 13.8 Å². The van der Waals surface area contributed by atoms with Crippen molar-refractivity contribution in [2.24, 2.45) is 11.1 Å². The first-order chi connectivity index (χ1) is 9.01. The molecule has 21 heavy (non-hydrogen) atoms. The van der Waals surface area contributed by atoms with Crippen LogP contribution in [-0.4, -0.2) is 32.9 Å². The molecule has 0 fully saturated rings. The van der Waals surface area contributed by atoms with Crippen LogP contribution in [0, 0.1) is 22.9 Å². The summed E-state index contributed by atoms with van der Waals surface area (Å²) in [5, 5.41) is 0. The van der Waals surface area contributed by atoms with Gasteiger partial charge >= 0.3 is 0 Å². The summed E-state index contributed by atoms with van der Waals surface area (Å²) in [5.74, 6) is -4.19. The van der Waals surface area contributed by atoms with E-state index < -0.39 is 37.8 Å². The molecule has 0 saturated carbocycles. The molecule has 9 heteroatoms. The third kappa shape index (κ3) is 4.57. The number of hydrogen-bond donors (Lipinski definition) is 1. The van der Waals surface area contributed by atoms with Crippen molar-refractivity contribution in [1.29, 1.82) is 0 Å². The number of benzene rings is 1. The van der Waals surface area contributed by atoms with Gasteiger partial charge in [-0.05, 0) is 18.0 Å². The first-order valence-corrected chi connectivity index (χ1v) is 7.26. The number of rotatable bonds is 5. The fourth-order valence-electron chi connectivity index (χ4n) is 1.62. The van der Waals surface area contributed by atoms with Gasteiger partial charge in [-0.25, -0.2) is 25.9 Å². The highest BCUT2D eigenvalue weighted by molar-refractivity contribution is 7.89. The van der Waals surface area contributed by atoms with Crippen molar-refractivity contribution < 1.29 is 21.6 Å². The lowest BCUT2D eigenvalue weighted by molar-refractivity contribution is 0.291. The van der Waals surface area contributed by atoms with Crippen molar-refractivity contribution in [3.63, 3.8) is 0 Å². The van der Waals surface area contributed by atoms with Crippen LogP contribution in [0.5, 0.6) is 0 Å². The van der Waals surface area contributed by atoms with E-state index in [9.17, 15) is 21.6 Å². The first kappa shape index (κ1) is 20.2. The van der Waals surface area contributed by atoms with E-state index in [1.807, 2.05) is 0 Å². The van der Waals surface area contributed by atoms with E-state index in [0.29, 0.717) is 6.07 Å². The van der Waals surface area contributed by atoms with Gasteiger partial charge in [0.1, 0.15) is 10.7 Å². The SMILES string of the molecule is CN(CC(C)(C)CN)S(=O)(=O)c1cc(F)c(F)cc1F.Cl. The maximum absolute atomic E-state index is 13.6. The Balaban J connectivity index is 0.00000400. The largest absolute Gasteiger partial charge is 0.330 e. The Morgan fingerprint density at radius 3 is 2.10 bits per heavy atom. The van der Waals surface area contributed by atoms with Crippen molar-refractivity contribution in [1.82, 2.24) is 4.31 Å². The number of nitrogens with two attached hydrogens (primary N) is 1. The molecule has 0 saturated heterocycles. The second-order valence-corrected chi connectivity index (χ2v) is 7.34. The smallest absolute Gasteiger partial charge is 0.245 e. The zero-order valence-electron chi connectivity index (χ0n) is 11.9. The quantitative estimate of drug-likeness (QED) is 0.831. The molecule has 1 aromatic carbocycles. The topological polar surface area (TPSA) is 63.4 Å². The summed E-state index contributed by atoms with van der Waals surface area (Å²) in [7, 11) is -3.03. The minimum atomic E-state index is -4.26. The van der Waals surface area contributed by atoms with Gasteiger partial charge in [-0.2, -0.15) is 0 Å². The lowest BCUT2D eigenvalue weighted by atomic mass is 9.94. The Morgan fingerprint density at radius 1 is 1.14 bits per heavy atom. The summed E-state index contributed by atoms with van der Waals surface area (Å²) in [6.07, 6.45) is 0. The highest BCUT2D eigenvalue weighted by Crippen LogP contribution is 2.24. The normalized spacial score (nSPS) is 12.4. The molecule has 2 N–H and O–H groups in total. The van der Waals surface area contributed by atoms with Gasteiger partial charge in [-0.1, -0.05) is 13.8 Å². The first-order valence-electron chi connectivity index (χ1n) is 5.82. The molecule has 0 bridgehead atoms. The Labute approximate surface area is 128 Å². The van der Waals surface area contributed by atoms with Crippen LogP contribution in [0.15, 0.2) is 17.0 Å². The van der Waals surface area contributed by atoms with Crippen LogP contribution in [0.2, 0.25) is 0 Å². The number of sulfonamides is 1. The van der Waals surface area contributed by atoms with E-state index in [1.165, 1.54) is 7.05 Å². The number of halogens is 4. The molecule has 0 unspecified atom stereocenters. The number of hydrogen-bond acceptors (Lipinski definition) is 3. The molecule has 122 valence electrons. The molecular weight excluding hydrogens is 329 g/mol. The van der Waals surface area contributed by atoms with Gasteiger partial charge in [0.25, 0.3) is 0 Å². The zero-order valence-corrected chi connectivity index (χ0v) is 13.5. The molecule has 1 rings (SSSR count). The van der Waals surface area contributed by atoms with Crippen molar-refractivity contribution in [3.8, 4) is 0 Å². The van der Waals surface area contributed by atoms with Gasteiger partial charge in [0.05, 0.1) is 0 Å². The lowest BCUT2D eigenvalue weighted by Gasteiger charge is -2.28. The van der Waals surface area contributed by atoms with Crippen LogP contribution in [0.25, 0.3) is 0 Å². The minimum Gasteiger partial charge on any atom is -0.330 e.